The number of aromatic nitrogens is 2. The monoisotopic (exact) mass is 290 g/mol. The van der Waals surface area contributed by atoms with Crippen LogP contribution in [0.1, 0.15) is 24.7 Å². The van der Waals surface area contributed by atoms with Gasteiger partial charge in [0.15, 0.2) is 0 Å². The summed E-state index contributed by atoms with van der Waals surface area (Å²) in [5.41, 5.74) is 1.19. The van der Waals surface area contributed by atoms with Crippen molar-refractivity contribution in [2.45, 2.75) is 32.3 Å². The molecule has 0 aliphatic rings. The fourth-order valence-corrected chi connectivity index (χ4v) is 2.12. The van der Waals surface area contributed by atoms with E-state index in [1.165, 1.54) is 0 Å². The molecular formula is C11H19BrN2O2. The van der Waals surface area contributed by atoms with E-state index in [0.717, 1.165) is 15.9 Å². The highest BCUT2D eigenvalue weighted by Gasteiger charge is 2.24. The van der Waals surface area contributed by atoms with Crippen molar-refractivity contribution < 1.29 is 9.84 Å². The van der Waals surface area contributed by atoms with Crippen molar-refractivity contribution in [3.05, 3.63) is 15.9 Å². The van der Waals surface area contributed by atoms with E-state index in [1.807, 2.05) is 20.9 Å². The Morgan fingerprint density at radius 2 is 2.19 bits per heavy atom. The molecule has 0 saturated carbocycles. The molecule has 0 radical (unpaired) electrons. The minimum absolute atomic E-state index is 0.557. The van der Waals surface area contributed by atoms with Gasteiger partial charge in [-0.15, -0.1) is 0 Å². The lowest BCUT2D eigenvalue weighted by atomic mass is 9.96. The summed E-state index contributed by atoms with van der Waals surface area (Å²) in [6, 6.07) is 0. The number of halogens is 1. The van der Waals surface area contributed by atoms with E-state index >= 15 is 0 Å². The molecule has 1 rings (SSSR count). The average molecular weight is 291 g/mol. The number of aliphatic hydroxyl groups is 1. The van der Waals surface area contributed by atoms with Crippen LogP contribution < -0.4 is 0 Å². The maximum atomic E-state index is 10.2. The fraction of sp³-hybridized carbons (Fsp3) is 0.727. The number of ether oxygens (including phenoxy) is 1. The maximum absolute atomic E-state index is 10.2. The van der Waals surface area contributed by atoms with E-state index in [1.54, 1.807) is 11.8 Å². The largest absolute Gasteiger partial charge is 0.390 e. The van der Waals surface area contributed by atoms with Gasteiger partial charge in [-0.1, -0.05) is 0 Å². The van der Waals surface area contributed by atoms with Crippen LogP contribution in [0.2, 0.25) is 0 Å². The molecule has 4 nitrogen and oxygen atoms in total. The summed E-state index contributed by atoms with van der Waals surface area (Å²) < 4.78 is 7.77. The molecule has 1 unspecified atom stereocenters. The molecule has 1 aromatic heterocycles. The first-order valence-electron chi connectivity index (χ1n) is 5.26. The zero-order valence-corrected chi connectivity index (χ0v) is 11.8. The average Bonchev–Trinajstić information content (AvgIpc) is 2.42. The van der Waals surface area contributed by atoms with Crippen molar-refractivity contribution in [2.75, 3.05) is 13.7 Å². The molecule has 1 N–H and O–H groups in total. The second kappa shape index (κ2) is 5.29. The van der Waals surface area contributed by atoms with Gasteiger partial charge in [-0.25, -0.2) is 0 Å². The summed E-state index contributed by atoms with van der Waals surface area (Å²) in [7, 11) is 3.53. The molecule has 16 heavy (non-hydrogen) atoms. The predicted octanol–water partition coefficient (Wildman–Crippen LogP) is 1.82. The van der Waals surface area contributed by atoms with Crippen molar-refractivity contribution in [1.82, 2.24) is 9.78 Å². The van der Waals surface area contributed by atoms with E-state index in [4.69, 9.17) is 4.74 Å². The van der Waals surface area contributed by atoms with Crippen LogP contribution in [0.15, 0.2) is 4.47 Å². The van der Waals surface area contributed by atoms with Crippen LogP contribution >= 0.6 is 15.9 Å². The van der Waals surface area contributed by atoms with Crippen molar-refractivity contribution in [1.29, 1.82) is 0 Å². The smallest absolute Gasteiger partial charge is 0.0738 e. The van der Waals surface area contributed by atoms with Crippen molar-refractivity contribution in [3.8, 4) is 0 Å². The fourth-order valence-electron chi connectivity index (χ4n) is 1.64. The zero-order chi connectivity index (χ0) is 12.3. The lowest BCUT2D eigenvalue weighted by molar-refractivity contribution is 0.0233. The second-order valence-corrected chi connectivity index (χ2v) is 5.18. The SMILES string of the molecule is COCCC(C)(O)Cc1c(Br)c(C)nn1C. The topological polar surface area (TPSA) is 47.3 Å². The van der Waals surface area contributed by atoms with Crippen molar-refractivity contribution in [2.24, 2.45) is 7.05 Å². The first-order chi connectivity index (χ1) is 7.37. The minimum Gasteiger partial charge on any atom is -0.390 e. The molecule has 0 aromatic carbocycles. The van der Waals surface area contributed by atoms with Crippen LogP contribution in [0, 0.1) is 6.92 Å². The van der Waals surface area contributed by atoms with Gasteiger partial charge in [-0.2, -0.15) is 5.10 Å². The van der Waals surface area contributed by atoms with E-state index in [9.17, 15) is 5.11 Å². The highest BCUT2D eigenvalue weighted by atomic mass is 79.9. The Morgan fingerprint density at radius 3 is 2.62 bits per heavy atom. The number of nitrogens with zero attached hydrogens (tertiary/aromatic N) is 2. The van der Waals surface area contributed by atoms with Gasteiger partial charge in [-0.3, -0.25) is 4.68 Å². The summed E-state index contributed by atoms with van der Waals surface area (Å²) in [6.45, 7) is 4.32. The van der Waals surface area contributed by atoms with Gasteiger partial charge >= 0.3 is 0 Å². The third-order valence-electron chi connectivity index (χ3n) is 2.65. The molecular weight excluding hydrogens is 272 g/mol. The van der Waals surface area contributed by atoms with E-state index in [2.05, 4.69) is 21.0 Å². The Bertz CT molecular complexity index is 361. The van der Waals surface area contributed by atoms with Crippen LogP contribution in [0.3, 0.4) is 0 Å². The van der Waals surface area contributed by atoms with Gasteiger partial charge in [0.1, 0.15) is 0 Å². The summed E-state index contributed by atoms with van der Waals surface area (Å²) in [6.07, 6.45) is 1.18. The van der Waals surface area contributed by atoms with Crippen LogP contribution in [0.25, 0.3) is 0 Å². The summed E-state index contributed by atoms with van der Waals surface area (Å²) >= 11 is 3.50. The van der Waals surface area contributed by atoms with Gasteiger partial charge in [0.05, 0.1) is 21.5 Å². The quantitative estimate of drug-likeness (QED) is 0.900. The predicted molar refractivity (Wildman–Crippen MR) is 66.5 cm³/mol. The number of hydrogen-bond donors (Lipinski definition) is 1. The summed E-state index contributed by atoms with van der Waals surface area (Å²) in [4.78, 5) is 0. The van der Waals surface area contributed by atoms with E-state index in [0.29, 0.717) is 19.4 Å². The first-order valence-corrected chi connectivity index (χ1v) is 6.06. The molecule has 1 heterocycles. The molecule has 0 aliphatic heterocycles. The van der Waals surface area contributed by atoms with Gasteiger partial charge in [0, 0.05) is 27.2 Å². The Morgan fingerprint density at radius 1 is 1.56 bits per heavy atom. The third-order valence-corrected chi connectivity index (χ3v) is 3.69. The standard InChI is InChI=1S/C11H19BrN2O2/c1-8-10(12)9(14(3)13-8)7-11(2,15)5-6-16-4/h15H,5-7H2,1-4H3. The Balaban J connectivity index is 2.79. The minimum atomic E-state index is -0.765. The van der Waals surface area contributed by atoms with Crippen LogP contribution in [0.4, 0.5) is 0 Å². The van der Waals surface area contributed by atoms with E-state index < -0.39 is 5.60 Å². The Kier molecular flexibility index (Phi) is 4.52. The van der Waals surface area contributed by atoms with Crippen LogP contribution in [-0.4, -0.2) is 34.2 Å². The van der Waals surface area contributed by atoms with Crippen molar-refractivity contribution in [3.63, 3.8) is 0 Å². The number of rotatable bonds is 5. The zero-order valence-electron chi connectivity index (χ0n) is 10.2. The lowest BCUT2D eigenvalue weighted by Crippen LogP contribution is -2.30. The highest BCUT2D eigenvalue weighted by molar-refractivity contribution is 9.10. The molecule has 0 spiro atoms. The maximum Gasteiger partial charge on any atom is 0.0738 e. The summed E-state index contributed by atoms with van der Waals surface area (Å²) in [5, 5.41) is 14.5. The van der Waals surface area contributed by atoms with Gasteiger partial charge in [-0.05, 0) is 36.2 Å². The van der Waals surface area contributed by atoms with Gasteiger partial charge in [0.25, 0.3) is 0 Å². The van der Waals surface area contributed by atoms with Crippen LogP contribution in [0.5, 0.6) is 0 Å². The normalized spacial score (nSPS) is 15.1. The number of hydrogen-bond acceptors (Lipinski definition) is 3. The molecule has 1 aromatic rings. The first kappa shape index (κ1) is 13.7. The number of aryl methyl sites for hydroxylation is 2. The molecule has 92 valence electrons. The Labute approximate surface area is 105 Å². The Hall–Kier alpha value is -0.390. The molecule has 0 amide bonds. The molecule has 5 heteroatoms. The van der Waals surface area contributed by atoms with Crippen LogP contribution in [-0.2, 0) is 18.2 Å². The third kappa shape index (κ3) is 3.30. The second-order valence-electron chi connectivity index (χ2n) is 4.39. The molecule has 0 aliphatic carbocycles. The summed E-state index contributed by atoms with van der Waals surface area (Å²) in [5.74, 6) is 0. The highest BCUT2D eigenvalue weighted by Crippen LogP contribution is 2.25. The lowest BCUT2D eigenvalue weighted by Gasteiger charge is -2.23. The molecule has 1 atom stereocenters. The van der Waals surface area contributed by atoms with Gasteiger partial charge < -0.3 is 9.84 Å². The molecule has 0 bridgehead atoms. The van der Waals surface area contributed by atoms with Gasteiger partial charge in [0.2, 0.25) is 0 Å². The number of methoxy groups -OCH3 is 1. The molecule has 0 fully saturated rings. The molecule has 0 saturated heterocycles. The van der Waals surface area contributed by atoms with E-state index in [-0.39, 0.29) is 0 Å². The van der Waals surface area contributed by atoms with Crippen molar-refractivity contribution >= 4 is 15.9 Å².